The Morgan fingerprint density at radius 2 is 1.14 bits per heavy atom. The summed E-state index contributed by atoms with van der Waals surface area (Å²) in [6, 6.07) is 45.8. The van der Waals surface area contributed by atoms with Crippen molar-refractivity contribution in [2.24, 2.45) is 0 Å². The smallest absolute Gasteiger partial charge is 0.136 e. The number of para-hydroxylation sites is 1. The van der Waals surface area contributed by atoms with E-state index in [1.165, 1.54) is 20.2 Å². The van der Waals surface area contributed by atoms with E-state index in [4.69, 9.17) is 4.42 Å². The zero-order valence-corrected chi connectivity index (χ0v) is 23.1. The van der Waals surface area contributed by atoms with Crippen LogP contribution < -0.4 is 0 Å². The summed E-state index contributed by atoms with van der Waals surface area (Å²) in [5, 5.41) is 24.1. The molecule has 0 spiro atoms. The van der Waals surface area contributed by atoms with Crippen LogP contribution in [0.3, 0.4) is 0 Å². The van der Waals surface area contributed by atoms with E-state index in [1.807, 2.05) is 24.3 Å². The SMILES string of the molecule is N#Cc1ccc(-c2cc(-c3ccc4c(c3)oc3ccccc34)cc(-c3ccc4c(c3)sc3ccccc34)c2)c(C#N)c1. The molecule has 0 radical (unpaired) electrons. The van der Waals surface area contributed by atoms with Gasteiger partial charge in [0.05, 0.1) is 23.3 Å². The van der Waals surface area contributed by atoms with E-state index < -0.39 is 0 Å². The fourth-order valence-electron chi connectivity index (χ4n) is 5.89. The van der Waals surface area contributed by atoms with Crippen molar-refractivity contribution in [2.75, 3.05) is 0 Å². The Labute approximate surface area is 245 Å². The highest BCUT2D eigenvalue weighted by Gasteiger charge is 2.14. The highest BCUT2D eigenvalue weighted by Crippen LogP contribution is 2.40. The number of nitriles is 2. The fraction of sp³-hybridized carbons (Fsp3) is 0. The van der Waals surface area contributed by atoms with Gasteiger partial charge < -0.3 is 4.42 Å². The Bertz CT molecular complexity index is 2320. The first-order valence-corrected chi connectivity index (χ1v) is 14.4. The summed E-state index contributed by atoms with van der Waals surface area (Å²) in [7, 11) is 0. The quantitative estimate of drug-likeness (QED) is 0.219. The lowest BCUT2D eigenvalue weighted by atomic mass is 9.91. The molecule has 8 aromatic rings. The number of furan rings is 1. The lowest BCUT2D eigenvalue weighted by Gasteiger charge is -2.13. The van der Waals surface area contributed by atoms with Crippen molar-refractivity contribution in [3.05, 3.63) is 132 Å². The third-order valence-corrected chi connectivity index (χ3v) is 9.07. The summed E-state index contributed by atoms with van der Waals surface area (Å²) in [5.74, 6) is 0. The van der Waals surface area contributed by atoms with Gasteiger partial charge in [-0.25, -0.2) is 0 Å². The minimum absolute atomic E-state index is 0.470. The number of fused-ring (bicyclic) bond motifs is 6. The highest BCUT2D eigenvalue weighted by atomic mass is 32.1. The average molecular weight is 553 g/mol. The van der Waals surface area contributed by atoms with Gasteiger partial charge in [0.25, 0.3) is 0 Å². The largest absolute Gasteiger partial charge is 0.456 e. The lowest BCUT2D eigenvalue weighted by Crippen LogP contribution is -1.90. The summed E-state index contributed by atoms with van der Waals surface area (Å²) in [5.41, 5.74) is 8.58. The van der Waals surface area contributed by atoms with Gasteiger partial charge in [0, 0.05) is 30.9 Å². The molecular formula is C38H20N2OS. The van der Waals surface area contributed by atoms with Crippen LogP contribution in [0, 0.1) is 22.7 Å². The second-order valence-corrected chi connectivity index (χ2v) is 11.5. The van der Waals surface area contributed by atoms with E-state index in [0.29, 0.717) is 11.1 Å². The van der Waals surface area contributed by atoms with Crippen molar-refractivity contribution in [3.8, 4) is 45.5 Å². The molecule has 0 saturated heterocycles. The first kappa shape index (κ1) is 24.1. The van der Waals surface area contributed by atoms with Gasteiger partial charge >= 0.3 is 0 Å². The molecule has 42 heavy (non-hydrogen) atoms. The third kappa shape index (κ3) is 3.86. The predicted octanol–water partition coefficient (Wildman–Crippen LogP) is 10.7. The van der Waals surface area contributed by atoms with Gasteiger partial charge in [-0.3, -0.25) is 0 Å². The van der Waals surface area contributed by atoms with Gasteiger partial charge in [-0.05, 0) is 94.0 Å². The van der Waals surface area contributed by atoms with Crippen molar-refractivity contribution < 1.29 is 4.42 Å². The van der Waals surface area contributed by atoms with Gasteiger partial charge in [-0.15, -0.1) is 11.3 Å². The molecule has 2 heterocycles. The fourth-order valence-corrected chi connectivity index (χ4v) is 7.03. The van der Waals surface area contributed by atoms with Crippen LogP contribution in [-0.4, -0.2) is 0 Å². The van der Waals surface area contributed by atoms with Crippen LogP contribution in [-0.2, 0) is 0 Å². The van der Waals surface area contributed by atoms with Crippen LogP contribution in [0.15, 0.2) is 126 Å². The number of hydrogen-bond acceptors (Lipinski definition) is 4. The van der Waals surface area contributed by atoms with Crippen molar-refractivity contribution >= 4 is 53.4 Å². The summed E-state index contributed by atoms with van der Waals surface area (Å²) in [4.78, 5) is 0. The minimum atomic E-state index is 0.470. The number of rotatable bonds is 3. The Morgan fingerprint density at radius 3 is 1.95 bits per heavy atom. The number of thiophene rings is 1. The molecule has 3 nitrogen and oxygen atoms in total. The molecule has 0 unspecified atom stereocenters. The van der Waals surface area contributed by atoms with Crippen LogP contribution >= 0.6 is 11.3 Å². The van der Waals surface area contributed by atoms with Crippen molar-refractivity contribution in [2.45, 2.75) is 0 Å². The standard InChI is InChI=1S/C38H20N2OS/c39-21-23-9-12-30(29(15-23)22-40)28-17-26(24-10-13-32-31-5-1-3-7-35(31)41-36(32)19-24)16-27(18-28)25-11-14-34-33-6-2-4-8-37(33)42-38(34)20-25/h1-20H. The summed E-state index contributed by atoms with van der Waals surface area (Å²) < 4.78 is 8.72. The number of hydrogen-bond donors (Lipinski definition) is 0. The van der Waals surface area contributed by atoms with Crippen LogP contribution in [0.1, 0.15) is 11.1 Å². The molecule has 0 aliphatic rings. The van der Waals surface area contributed by atoms with Crippen LogP contribution in [0.5, 0.6) is 0 Å². The van der Waals surface area contributed by atoms with Gasteiger partial charge in [-0.1, -0.05) is 60.7 Å². The summed E-state index contributed by atoms with van der Waals surface area (Å²) in [6.45, 7) is 0. The lowest BCUT2D eigenvalue weighted by molar-refractivity contribution is 0.669. The predicted molar refractivity (Wildman–Crippen MR) is 172 cm³/mol. The maximum absolute atomic E-state index is 9.98. The monoisotopic (exact) mass is 552 g/mol. The van der Waals surface area contributed by atoms with Crippen molar-refractivity contribution in [1.82, 2.24) is 0 Å². The van der Waals surface area contributed by atoms with Crippen LogP contribution in [0.2, 0.25) is 0 Å². The highest BCUT2D eigenvalue weighted by molar-refractivity contribution is 7.25. The Balaban J connectivity index is 1.35. The molecule has 0 fully saturated rings. The normalized spacial score (nSPS) is 11.3. The molecule has 0 amide bonds. The van der Waals surface area contributed by atoms with Crippen molar-refractivity contribution in [3.63, 3.8) is 0 Å². The molecule has 0 aliphatic heterocycles. The minimum Gasteiger partial charge on any atom is -0.456 e. The zero-order valence-electron chi connectivity index (χ0n) is 22.3. The second kappa shape index (κ2) is 9.46. The van der Waals surface area contributed by atoms with Gasteiger partial charge in [-0.2, -0.15) is 10.5 Å². The van der Waals surface area contributed by atoms with Crippen LogP contribution in [0.4, 0.5) is 0 Å². The van der Waals surface area contributed by atoms with E-state index in [9.17, 15) is 10.5 Å². The molecule has 0 saturated carbocycles. The third-order valence-electron chi connectivity index (χ3n) is 7.94. The average Bonchev–Trinajstić information content (AvgIpc) is 3.61. The molecule has 8 rings (SSSR count). The Hall–Kier alpha value is -5.68. The Kier molecular flexibility index (Phi) is 5.44. The van der Waals surface area contributed by atoms with Crippen LogP contribution in [0.25, 0.3) is 75.5 Å². The maximum atomic E-state index is 9.98. The molecule has 0 bridgehead atoms. The van der Waals surface area contributed by atoms with E-state index in [1.54, 1.807) is 23.5 Å². The first-order valence-electron chi connectivity index (χ1n) is 13.6. The first-order chi connectivity index (χ1) is 20.7. The molecule has 0 N–H and O–H groups in total. The topological polar surface area (TPSA) is 60.7 Å². The number of benzene rings is 6. The van der Waals surface area contributed by atoms with E-state index in [0.717, 1.165) is 55.3 Å². The van der Waals surface area contributed by atoms with Gasteiger partial charge in [0.1, 0.15) is 11.2 Å². The van der Waals surface area contributed by atoms with Gasteiger partial charge in [0.2, 0.25) is 0 Å². The summed E-state index contributed by atoms with van der Waals surface area (Å²) >= 11 is 1.80. The second-order valence-electron chi connectivity index (χ2n) is 10.4. The molecule has 4 heteroatoms. The number of nitrogens with zero attached hydrogens (tertiary/aromatic N) is 2. The molecule has 194 valence electrons. The van der Waals surface area contributed by atoms with E-state index in [-0.39, 0.29) is 0 Å². The van der Waals surface area contributed by atoms with Crippen molar-refractivity contribution in [1.29, 1.82) is 10.5 Å². The molecule has 6 aromatic carbocycles. The maximum Gasteiger partial charge on any atom is 0.136 e. The molecule has 0 aliphatic carbocycles. The van der Waals surface area contributed by atoms with E-state index in [2.05, 4.69) is 97.1 Å². The molecular weight excluding hydrogens is 532 g/mol. The zero-order chi connectivity index (χ0) is 28.2. The van der Waals surface area contributed by atoms with Gasteiger partial charge in [0.15, 0.2) is 0 Å². The Morgan fingerprint density at radius 1 is 0.476 bits per heavy atom. The summed E-state index contributed by atoms with van der Waals surface area (Å²) in [6.07, 6.45) is 0. The molecule has 2 aromatic heterocycles. The van der Waals surface area contributed by atoms with E-state index >= 15 is 0 Å². The molecule has 0 atom stereocenters.